The van der Waals surface area contributed by atoms with Gasteiger partial charge in [0.25, 0.3) is 0 Å². The third-order valence-electron chi connectivity index (χ3n) is 2.74. The van der Waals surface area contributed by atoms with Crippen molar-refractivity contribution in [2.45, 2.75) is 18.4 Å². The van der Waals surface area contributed by atoms with Crippen LogP contribution in [-0.4, -0.2) is 24.3 Å². The van der Waals surface area contributed by atoms with Crippen LogP contribution in [0.5, 0.6) is 0 Å². The van der Waals surface area contributed by atoms with Gasteiger partial charge in [-0.2, -0.15) is 0 Å². The van der Waals surface area contributed by atoms with E-state index in [1.54, 1.807) is 12.1 Å². The van der Waals surface area contributed by atoms with Crippen LogP contribution in [0, 0.1) is 5.82 Å². The number of aliphatic hydroxyl groups excluding tert-OH is 1. The Bertz CT molecular complexity index is 299. The predicted octanol–water partition coefficient (Wildman–Crippen LogP) is 1.26. The fourth-order valence-corrected chi connectivity index (χ4v) is 1.89. The molecule has 0 saturated carbocycles. The number of piperidine rings is 1. The normalized spacial score (nSPS) is 27.6. The summed E-state index contributed by atoms with van der Waals surface area (Å²) in [6, 6.07) is 6.37. The maximum absolute atomic E-state index is 12.7. The SMILES string of the molecule is OC1CCNCC1c1ccc(F)cc1. The van der Waals surface area contributed by atoms with Crippen LogP contribution in [0.3, 0.4) is 0 Å². The zero-order chi connectivity index (χ0) is 9.97. The lowest BCUT2D eigenvalue weighted by Gasteiger charge is -2.28. The Morgan fingerprint density at radius 2 is 2.00 bits per heavy atom. The summed E-state index contributed by atoms with van der Waals surface area (Å²) >= 11 is 0. The standard InChI is InChI=1S/C11H14FNO/c12-9-3-1-8(2-4-9)10-7-13-6-5-11(10)14/h1-4,10-11,13-14H,5-7H2. The van der Waals surface area contributed by atoms with Gasteiger partial charge >= 0.3 is 0 Å². The number of halogens is 1. The van der Waals surface area contributed by atoms with Crippen molar-refractivity contribution in [3.05, 3.63) is 35.6 Å². The smallest absolute Gasteiger partial charge is 0.123 e. The van der Waals surface area contributed by atoms with Crippen molar-refractivity contribution in [2.24, 2.45) is 0 Å². The third-order valence-corrected chi connectivity index (χ3v) is 2.74. The second-order valence-electron chi connectivity index (χ2n) is 3.72. The molecule has 0 bridgehead atoms. The first kappa shape index (κ1) is 9.62. The van der Waals surface area contributed by atoms with Crippen LogP contribution in [0.25, 0.3) is 0 Å². The highest BCUT2D eigenvalue weighted by molar-refractivity contribution is 5.22. The number of aliphatic hydroxyl groups is 1. The molecule has 3 heteroatoms. The predicted molar refractivity (Wildman–Crippen MR) is 52.6 cm³/mol. The first-order valence-corrected chi connectivity index (χ1v) is 4.91. The van der Waals surface area contributed by atoms with Crippen molar-refractivity contribution < 1.29 is 9.50 Å². The zero-order valence-corrected chi connectivity index (χ0v) is 7.91. The molecule has 1 aromatic rings. The minimum atomic E-state index is -0.304. The van der Waals surface area contributed by atoms with E-state index in [0.717, 1.165) is 25.1 Å². The van der Waals surface area contributed by atoms with Gasteiger partial charge < -0.3 is 10.4 Å². The molecule has 1 aromatic carbocycles. The highest BCUT2D eigenvalue weighted by atomic mass is 19.1. The Morgan fingerprint density at radius 3 is 2.64 bits per heavy atom. The highest BCUT2D eigenvalue weighted by Crippen LogP contribution is 2.23. The molecule has 76 valence electrons. The summed E-state index contributed by atoms with van der Waals surface area (Å²) in [6.45, 7) is 1.63. The lowest BCUT2D eigenvalue weighted by molar-refractivity contribution is 0.114. The monoisotopic (exact) mass is 195 g/mol. The molecule has 1 aliphatic rings. The maximum Gasteiger partial charge on any atom is 0.123 e. The van der Waals surface area contributed by atoms with Gasteiger partial charge in [0.05, 0.1) is 6.10 Å². The number of nitrogens with one attached hydrogen (secondary N) is 1. The fraction of sp³-hybridized carbons (Fsp3) is 0.455. The Morgan fingerprint density at radius 1 is 1.29 bits per heavy atom. The molecule has 2 nitrogen and oxygen atoms in total. The first-order chi connectivity index (χ1) is 6.77. The highest BCUT2D eigenvalue weighted by Gasteiger charge is 2.23. The molecular weight excluding hydrogens is 181 g/mol. The fourth-order valence-electron chi connectivity index (χ4n) is 1.89. The molecule has 1 fully saturated rings. The average Bonchev–Trinajstić information content (AvgIpc) is 2.20. The van der Waals surface area contributed by atoms with Gasteiger partial charge in [-0.15, -0.1) is 0 Å². The summed E-state index contributed by atoms with van der Waals surface area (Å²) in [5, 5.41) is 13.0. The van der Waals surface area contributed by atoms with E-state index < -0.39 is 0 Å². The van der Waals surface area contributed by atoms with Crippen molar-refractivity contribution in [3.8, 4) is 0 Å². The van der Waals surface area contributed by atoms with Crippen LogP contribution < -0.4 is 5.32 Å². The van der Waals surface area contributed by atoms with Gasteiger partial charge in [0.15, 0.2) is 0 Å². The van der Waals surface area contributed by atoms with Gasteiger partial charge in [0, 0.05) is 12.5 Å². The number of rotatable bonds is 1. The van der Waals surface area contributed by atoms with E-state index in [9.17, 15) is 9.50 Å². The van der Waals surface area contributed by atoms with Gasteiger partial charge in [0.2, 0.25) is 0 Å². The van der Waals surface area contributed by atoms with Crippen LogP contribution in [0.15, 0.2) is 24.3 Å². The van der Waals surface area contributed by atoms with Gasteiger partial charge in [-0.3, -0.25) is 0 Å². The van der Waals surface area contributed by atoms with Gasteiger partial charge in [-0.1, -0.05) is 12.1 Å². The Labute approximate surface area is 82.8 Å². The molecule has 1 aliphatic heterocycles. The summed E-state index contributed by atoms with van der Waals surface area (Å²) < 4.78 is 12.7. The van der Waals surface area contributed by atoms with Gasteiger partial charge in [-0.05, 0) is 30.7 Å². The largest absolute Gasteiger partial charge is 0.392 e. The van der Waals surface area contributed by atoms with Crippen LogP contribution in [0.1, 0.15) is 17.9 Å². The Kier molecular flexibility index (Phi) is 2.79. The first-order valence-electron chi connectivity index (χ1n) is 4.91. The van der Waals surface area contributed by atoms with E-state index in [2.05, 4.69) is 5.32 Å². The Hall–Kier alpha value is -0.930. The maximum atomic E-state index is 12.7. The summed E-state index contributed by atoms with van der Waals surface area (Å²) in [7, 11) is 0. The summed E-state index contributed by atoms with van der Waals surface area (Å²) in [4.78, 5) is 0. The minimum absolute atomic E-state index is 0.101. The summed E-state index contributed by atoms with van der Waals surface area (Å²) in [5.41, 5.74) is 1.01. The molecule has 2 atom stereocenters. The number of benzene rings is 1. The number of hydrogen-bond donors (Lipinski definition) is 2. The number of hydrogen-bond acceptors (Lipinski definition) is 2. The third kappa shape index (κ3) is 1.94. The molecule has 2 rings (SSSR count). The van der Waals surface area contributed by atoms with Crippen LogP contribution in [-0.2, 0) is 0 Å². The quantitative estimate of drug-likeness (QED) is 0.707. The Balaban J connectivity index is 2.16. The summed E-state index contributed by atoms with van der Waals surface area (Å²) in [6.07, 6.45) is 0.462. The van der Waals surface area contributed by atoms with E-state index in [1.807, 2.05) is 0 Å². The van der Waals surface area contributed by atoms with Crippen molar-refractivity contribution in [2.75, 3.05) is 13.1 Å². The second-order valence-corrected chi connectivity index (χ2v) is 3.72. The zero-order valence-electron chi connectivity index (χ0n) is 7.91. The van der Waals surface area contributed by atoms with E-state index in [-0.39, 0.29) is 17.8 Å². The molecule has 0 aromatic heterocycles. The molecule has 1 saturated heterocycles. The molecule has 0 amide bonds. The lowest BCUT2D eigenvalue weighted by Crippen LogP contribution is -2.38. The van der Waals surface area contributed by atoms with E-state index in [4.69, 9.17) is 0 Å². The van der Waals surface area contributed by atoms with Gasteiger partial charge in [0.1, 0.15) is 5.82 Å². The molecule has 0 aliphatic carbocycles. The van der Waals surface area contributed by atoms with Crippen LogP contribution >= 0.6 is 0 Å². The van der Waals surface area contributed by atoms with Crippen molar-refractivity contribution >= 4 is 0 Å². The van der Waals surface area contributed by atoms with Crippen LogP contribution in [0.4, 0.5) is 4.39 Å². The molecule has 14 heavy (non-hydrogen) atoms. The molecular formula is C11H14FNO. The summed E-state index contributed by atoms with van der Waals surface area (Å²) in [5.74, 6) is -0.128. The van der Waals surface area contributed by atoms with Crippen molar-refractivity contribution in [1.82, 2.24) is 5.32 Å². The molecule has 2 N–H and O–H groups in total. The molecule has 2 unspecified atom stereocenters. The van der Waals surface area contributed by atoms with E-state index in [0.29, 0.717) is 0 Å². The van der Waals surface area contributed by atoms with Crippen molar-refractivity contribution in [1.29, 1.82) is 0 Å². The van der Waals surface area contributed by atoms with Gasteiger partial charge in [-0.25, -0.2) is 4.39 Å². The average molecular weight is 195 g/mol. The van der Waals surface area contributed by atoms with Crippen molar-refractivity contribution in [3.63, 3.8) is 0 Å². The topological polar surface area (TPSA) is 32.3 Å². The van der Waals surface area contributed by atoms with Crippen LogP contribution in [0.2, 0.25) is 0 Å². The van der Waals surface area contributed by atoms with E-state index >= 15 is 0 Å². The lowest BCUT2D eigenvalue weighted by atomic mass is 9.89. The molecule has 0 spiro atoms. The second kappa shape index (κ2) is 4.07. The minimum Gasteiger partial charge on any atom is -0.392 e. The molecule has 0 radical (unpaired) electrons. The molecule has 1 heterocycles. The van der Waals surface area contributed by atoms with E-state index in [1.165, 1.54) is 12.1 Å².